The van der Waals surface area contributed by atoms with Crippen molar-refractivity contribution in [3.63, 3.8) is 0 Å². The normalized spacial score (nSPS) is 12.2. The van der Waals surface area contributed by atoms with E-state index in [9.17, 15) is 9.59 Å². The highest BCUT2D eigenvalue weighted by molar-refractivity contribution is 5.76. The monoisotopic (exact) mass is 143 g/mol. The van der Waals surface area contributed by atoms with Gasteiger partial charge in [-0.2, -0.15) is 0 Å². The minimum Gasteiger partial charge on any atom is -0.359 e. The van der Waals surface area contributed by atoms with Crippen LogP contribution in [0.5, 0.6) is 0 Å². The highest BCUT2D eigenvalue weighted by Crippen LogP contribution is 2.03. The van der Waals surface area contributed by atoms with E-state index in [0.29, 0.717) is 12.8 Å². The lowest BCUT2D eigenvalue weighted by Crippen LogP contribution is -2.20. The molecule has 58 valence electrons. The van der Waals surface area contributed by atoms with Crippen LogP contribution in [-0.2, 0) is 9.59 Å². The van der Waals surface area contributed by atoms with Gasteiger partial charge >= 0.3 is 0 Å². The van der Waals surface area contributed by atoms with Crippen LogP contribution in [-0.4, -0.2) is 19.2 Å². The van der Waals surface area contributed by atoms with E-state index in [4.69, 9.17) is 0 Å². The summed E-state index contributed by atoms with van der Waals surface area (Å²) in [5, 5.41) is 2.50. The number of carbonyl (C=O) groups is 2. The van der Waals surface area contributed by atoms with E-state index in [2.05, 4.69) is 5.32 Å². The topological polar surface area (TPSA) is 46.2 Å². The summed E-state index contributed by atoms with van der Waals surface area (Å²) >= 11 is 0. The molecule has 0 aliphatic carbocycles. The van der Waals surface area contributed by atoms with Crippen molar-refractivity contribution in [2.24, 2.45) is 5.92 Å². The summed E-state index contributed by atoms with van der Waals surface area (Å²) in [6.45, 7) is 1.88. The molecule has 0 bridgehead atoms. The summed E-state index contributed by atoms with van der Waals surface area (Å²) in [6, 6.07) is 0. The van der Waals surface area contributed by atoms with Crippen LogP contribution >= 0.6 is 0 Å². The largest absolute Gasteiger partial charge is 0.359 e. The Morgan fingerprint density at radius 1 is 1.70 bits per heavy atom. The average molecular weight is 143 g/mol. The van der Waals surface area contributed by atoms with Gasteiger partial charge in [-0.15, -0.1) is 0 Å². The molecule has 0 heterocycles. The molecule has 0 spiro atoms. The molecule has 0 rings (SSSR count). The van der Waals surface area contributed by atoms with Crippen LogP contribution in [0.25, 0.3) is 0 Å². The van der Waals surface area contributed by atoms with E-state index in [-0.39, 0.29) is 11.8 Å². The molecule has 0 aliphatic rings. The Balaban J connectivity index is 3.46. The maximum atomic E-state index is 10.7. The van der Waals surface area contributed by atoms with Gasteiger partial charge < -0.3 is 10.1 Å². The second-order valence-corrected chi connectivity index (χ2v) is 2.38. The third-order valence-electron chi connectivity index (χ3n) is 1.31. The van der Waals surface area contributed by atoms with Gasteiger partial charge in [0.15, 0.2) is 0 Å². The highest BCUT2D eigenvalue weighted by Gasteiger charge is 2.05. The van der Waals surface area contributed by atoms with Crippen LogP contribution in [0.4, 0.5) is 0 Å². The minimum atomic E-state index is -0.00523. The average Bonchev–Trinajstić information content (AvgIpc) is 1.88. The first-order valence-electron chi connectivity index (χ1n) is 3.35. The predicted octanol–water partition coefficient (Wildman–Crippen LogP) is 0.348. The smallest absolute Gasteiger partial charge is 0.220 e. The van der Waals surface area contributed by atoms with E-state index >= 15 is 0 Å². The first kappa shape index (κ1) is 9.14. The van der Waals surface area contributed by atoms with Crippen LogP contribution in [0.2, 0.25) is 0 Å². The summed E-state index contributed by atoms with van der Waals surface area (Å²) < 4.78 is 0. The summed E-state index contributed by atoms with van der Waals surface area (Å²) in [6.07, 6.45) is 1.75. The minimum absolute atomic E-state index is 0.00523. The van der Waals surface area contributed by atoms with Gasteiger partial charge in [0.25, 0.3) is 0 Å². The van der Waals surface area contributed by atoms with Gasteiger partial charge in [0.2, 0.25) is 5.91 Å². The molecular formula is C7H13NO2. The lowest BCUT2D eigenvalue weighted by atomic mass is 10.1. The maximum absolute atomic E-state index is 10.7. The Morgan fingerprint density at radius 2 is 2.30 bits per heavy atom. The van der Waals surface area contributed by atoms with Crippen molar-refractivity contribution in [3.05, 3.63) is 0 Å². The third kappa shape index (κ3) is 4.06. The fourth-order valence-electron chi connectivity index (χ4n) is 0.666. The SMILES string of the molecule is CNC(=O)CC(C)CC=O. The number of aldehydes is 1. The van der Waals surface area contributed by atoms with Gasteiger partial charge in [0.1, 0.15) is 6.29 Å². The zero-order valence-corrected chi connectivity index (χ0v) is 6.39. The fourth-order valence-corrected chi connectivity index (χ4v) is 0.666. The van der Waals surface area contributed by atoms with Crippen molar-refractivity contribution >= 4 is 12.2 Å². The molecule has 0 aromatic rings. The molecule has 0 saturated carbocycles. The van der Waals surface area contributed by atoms with Crippen molar-refractivity contribution < 1.29 is 9.59 Å². The molecule has 0 aromatic carbocycles. The van der Waals surface area contributed by atoms with Crippen LogP contribution in [0.3, 0.4) is 0 Å². The first-order chi connectivity index (χ1) is 4.70. The number of hydrogen-bond donors (Lipinski definition) is 1. The zero-order valence-electron chi connectivity index (χ0n) is 6.39. The van der Waals surface area contributed by atoms with E-state index in [1.807, 2.05) is 6.92 Å². The Morgan fingerprint density at radius 3 is 2.70 bits per heavy atom. The first-order valence-corrected chi connectivity index (χ1v) is 3.35. The number of hydrogen-bond acceptors (Lipinski definition) is 2. The molecule has 0 radical (unpaired) electrons. The van der Waals surface area contributed by atoms with Crippen molar-refractivity contribution in [1.82, 2.24) is 5.32 Å². The maximum Gasteiger partial charge on any atom is 0.220 e. The number of nitrogens with one attached hydrogen (secondary N) is 1. The molecule has 1 amide bonds. The summed E-state index contributed by atoms with van der Waals surface area (Å²) in [7, 11) is 1.59. The predicted molar refractivity (Wildman–Crippen MR) is 38.5 cm³/mol. The number of rotatable bonds is 4. The van der Waals surface area contributed by atoms with Gasteiger partial charge in [0, 0.05) is 19.9 Å². The van der Waals surface area contributed by atoms with E-state index < -0.39 is 0 Å². The second kappa shape index (κ2) is 4.97. The standard InChI is InChI=1S/C7H13NO2/c1-6(3-4-9)5-7(10)8-2/h4,6H,3,5H2,1-2H3,(H,8,10). The zero-order chi connectivity index (χ0) is 7.98. The van der Waals surface area contributed by atoms with Crippen LogP contribution in [0.15, 0.2) is 0 Å². The Bertz CT molecular complexity index is 123. The molecule has 1 atom stereocenters. The van der Waals surface area contributed by atoms with Crippen molar-refractivity contribution in [2.75, 3.05) is 7.05 Å². The van der Waals surface area contributed by atoms with Gasteiger partial charge in [-0.25, -0.2) is 0 Å². The van der Waals surface area contributed by atoms with Crippen molar-refractivity contribution in [1.29, 1.82) is 0 Å². The Kier molecular flexibility index (Phi) is 4.54. The van der Waals surface area contributed by atoms with Crippen LogP contribution < -0.4 is 5.32 Å². The summed E-state index contributed by atoms with van der Waals surface area (Å²) in [4.78, 5) is 20.6. The molecule has 0 fully saturated rings. The lowest BCUT2D eigenvalue weighted by molar-refractivity contribution is -0.121. The van der Waals surface area contributed by atoms with Gasteiger partial charge in [-0.1, -0.05) is 6.92 Å². The van der Waals surface area contributed by atoms with Crippen LogP contribution in [0.1, 0.15) is 19.8 Å². The summed E-state index contributed by atoms with van der Waals surface area (Å²) in [5.41, 5.74) is 0. The summed E-state index contributed by atoms with van der Waals surface area (Å²) in [5.74, 6) is 0.159. The molecule has 0 aliphatic heterocycles. The van der Waals surface area contributed by atoms with E-state index in [1.165, 1.54) is 0 Å². The molecule has 10 heavy (non-hydrogen) atoms. The molecule has 1 unspecified atom stereocenters. The quantitative estimate of drug-likeness (QED) is 0.577. The fraction of sp³-hybridized carbons (Fsp3) is 0.714. The third-order valence-corrected chi connectivity index (χ3v) is 1.31. The highest BCUT2D eigenvalue weighted by atomic mass is 16.1. The molecular weight excluding hydrogens is 130 g/mol. The van der Waals surface area contributed by atoms with Crippen molar-refractivity contribution in [3.8, 4) is 0 Å². The second-order valence-electron chi connectivity index (χ2n) is 2.38. The molecule has 3 heteroatoms. The van der Waals surface area contributed by atoms with Gasteiger partial charge in [0.05, 0.1) is 0 Å². The molecule has 1 N–H and O–H groups in total. The molecule has 3 nitrogen and oxygen atoms in total. The Labute approximate surface area is 60.8 Å². The lowest BCUT2D eigenvalue weighted by Gasteiger charge is -2.04. The van der Waals surface area contributed by atoms with Gasteiger partial charge in [-0.05, 0) is 5.92 Å². The number of amides is 1. The Hall–Kier alpha value is -0.860. The van der Waals surface area contributed by atoms with E-state index in [1.54, 1.807) is 7.05 Å². The molecule has 0 saturated heterocycles. The van der Waals surface area contributed by atoms with E-state index in [0.717, 1.165) is 6.29 Å². The van der Waals surface area contributed by atoms with Crippen molar-refractivity contribution in [2.45, 2.75) is 19.8 Å². The molecule has 0 aromatic heterocycles. The number of carbonyl (C=O) groups excluding carboxylic acids is 2. The van der Waals surface area contributed by atoms with Gasteiger partial charge in [-0.3, -0.25) is 4.79 Å². The van der Waals surface area contributed by atoms with Crippen LogP contribution in [0, 0.1) is 5.92 Å².